The molecular weight excluding hydrogens is 290 g/mol. The first kappa shape index (κ1) is 15.2. The average molecular weight is 309 g/mol. The van der Waals surface area contributed by atoms with E-state index in [1.54, 1.807) is 11.0 Å². The molecule has 1 heterocycles. The molecule has 2 aromatic carbocycles. The molecule has 1 N–H and O–H groups in total. The highest BCUT2D eigenvalue weighted by atomic mass is 16.2. The minimum atomic E-state index is -0.164. The summed E-state index contributed by atoms with van der Waals surface area (Å²) >= 11 is 0. The molecule has 0 saturated heterocycles. The molecule has 0 unspecified atom stereocenters. The smallest absolute Gasteiger partial charge is 0.244 e. The quantitative estimate of drug-likeness (QED) is 0.941. The number of hydrogen-bond acceptors (Lipinski definition) is 3. The van der Waals surface area contributed by atoms with Gasteiger partial charge in [-0.05, 0) is 24.7 Å². The summed E-state index contributed by atoms with van der Waals surface area (Å²) in [6.07, 6.45) is 0. The van der Waals surface area contributed by atoms with Crippen LogP contribution in [0.1, 0.15) is 5.56 Å². The number of anilines is 2. The fourth-order valence-electron chi connectivity index (χ4n) is 2.72. The number of amides is 2. The van der Waals surface area contributed by atoms with E-state index in [1.807, 2.05) is 60.5 Å². The lowest BCUT2D eigenvalue weighted by Gasteiger charge is -2.30. The number of fused-ring (bicyclic) bond motifs is 1. The van der Waals surface area contributed by atoms with Gasteiger partial charge in [0.25, 0.3) is 0 Å². The highest BCUT2D eigenvalue weighted by molar-refractivity contribution is 6.10. The molecule has 5 nitrogen and oxygen atoms in total. The molecule has 23 heavy (non-hydrogen) atoms. The summed E-state index contributed by atoms with van der Waals surface area (Å²) < 4.78 is 0. The number of rotatable bonds is 4. The van der Waals surface area contributed by atoms with Crippen LogP contribution >= 0.6 is 0 Å². The van der Waals surface area contributed by atoms with Gasteiger partial charge in [0.2, 0.25) is 11.8 Å². The summed E-state index contributed by atoms with van der Waals surface area (Å²) in [5.41, 5.74) is 2.59. The topological polar surface area (TPSA) is 52.7 Å². The van der Waals surface area contributed by atoms with Crippen molar-refractivity contribution in [1.29, 1.82) is 0 Å². The summed E-state index contributed by atoms with van der Waals surface area (Å²) in [7, 11) is 1.90. The van der Waals surface area contributed by atoms with Gasteiger partial charge in [-0.15, -0.1) is 0 Å². The molecule has 118 valence electrons. The first-order valence-electron chi connectivity index (χ1n) is 7.55. The van der Waals surface area contributed by atoms with Crippen molar-refractivity contribution >= 4 is 23.2 Å². The second-order valence-electron chi connectivity index (χ2n) is 5.70. The van der Waals surface area contributed by atoms with Gasteiger partial charge in [0.1, 0.15) is 6.54 Å². The van der Waals surface area contributed by atoms with Gasteiger partial charge >= 0.3 is 0 Å². The monoisotopic (exact) mass is 309 g/mol. The van der Waals surface area contributed by atoms with Crippen molar-refractivity contribution in [3.8, 4) is 0 Å². The predicted octanol–water partition coefficient (Wildman–Crippen LogP) is 2.10. The van der Waals surface area contributed by atoms with Crippen molar-refractivity contribution in [3.63, 3.8) is 0 Å². The fourth-order valence-corrected chi connectivity index (χ4v) is 2.72. The molecule has 0 bridgehead atoms. The van der Waals surface area contributed by atoms with Gasteiger partial charge in [0.05, 0.1) is 17.9 Å². The van der Waals surface area contributed by atoms with Gasteiger partial charge in [-0.1, -0.05) is 42.5 Å². The fraction of sp³-hybridized carbons (Fsp3) is 0.222. The minimum absolute atomic E-state index is 0.0645. The first-order valence-corrected chi connectivity index (χ1v) is 7.55. The Bertz CT molecular complexity index is 715. The molecule has 3 rings (SSSR count). The zero-order chi connectivity index (χ0) is 16.2. The van der Waals surface area contributed by atoms with Gasteiger partial charge < -0.3 is 5.32 Å². The molecule has 0 radical (unpaired) electrons. The number of para-hydroxylation sites is 2. The lowest BCUT2D eigenvalue weighted by molar-refractivity contribution is -0.122. The summed E-state index contributed by atoms with van der Waals surface area (Å²) in [6, 6.07) is 17.4. The highest BCUT2D eigenvalue weighted by Crippen LogP contribution is 2.28. The zero-order valence-corrected chi connectivity index (χ0v) is 13.0. The van der Waals surface area contributed by atoms with Crippen molar-refractivity contribution in [2.45, 2.75) is 6.54 Å². The van der Waals surface area contributed by atoms with Crippen LogP contribution in [-0.2, 0) is 16.1 Å². The Kier molecular flexibility index (Phi) is 4.39. The van der Waals surface area contributed by atoms with E-state index in [1.165, 1.54) is 0 Å². The van der Waals surface area contributed by atoms with Crippen LogP contribution in [0, 0.1) is 0 Å². The maximum absolute atomic E-state index is 12.6. The predicted molar refractivity (Wildman–Crippen MR) is 90.2 cm³/mol. The molecule has 5 heteroatoms. The number of carbonyl (C=O) groups excluding carboxylic acids is 2. The summed E-state index contributed by atoms with van der Waals surface area (Å²) in [5.74, 6) is -0.242. The van der Waals surface area contributed by atoms with Crippen molar-refractivity contribution in [1.82, 2.24) is 4.90 Å². The maximum atomic E-state index is 12.6. The number of nitrogens with zero attached hydrogens (tertiary/aromatic N) is 2. The summed E-state index contributed by atoms with van der Waals surface area (Å²) in [4.78, 5) is 27.9. The van der Waals surface area contributed by atoms with Crippen LogP contribution < -0.4 is 10.2 Å². The van der Waals surface area contributed by atoms with Crippen LogP contribution in [0.15, 0.2) is 54.6 Å². The van der Waals surface area contributed by atoms with Gasteiger partial charge in [-0.3, -0.25) is 19.4 Å². The van der Waals surface area contributed by atoms with E-state index >= 15 is 0 Å². The largest absolute Gasteiger partial charge is 0.323 e. The van der Waals surface area contributed by atoms with Gasteiger partial charge in [-0.25, -0.2) is 0 Å². The van der Waals surface area contributed by atoms with Crippen LogP contribution in [0.3, 0.4) is 0 Å². The van der Waals surface area contributed by atoms with Crippen LogP contribution in [0.2, 0.25) is 0 Å². The third-order valence-corrected chi connectivity index (χ3v) is 3.77. The third-order valence-electron chi connectivity index (χ3n) is 3.77. The third kappa shape index (κ3) is 3.57. The van der Waals surface area contributed by atoms with Crippen LogP contribution in [0.25, 0.3) is 0 Å². The standard InChI is InChI=1S/C18H19N3O2/c1-20(11-14-7-3-2-4-8-14)13-18(23)21-12-17(22)19-15-9-5-6-10-16(15)21/h2-10H,11-13H2,1H3,(H,19,22). The van der Waals surface area contributed by atoms with E-state index in [0.717, 1.165) is 11.3 Å². The van der Waals surface area contributed by atoms with E-state index < -0.39 is 0 Å². The van der Waals surface area contributed by atoms with Crippen molar-refractivity contribution in [2.24, 2.45) is 0 Å². The highest BCUT2D eigenvalue weighted by Gasteiger charge is 2.26. The Labute approximate surface area is 135 Å². The molecule has 0 aromatic heterocycles. The van der Waals surface area contributed by atoms with Crippen LogP contribution in [-0.4, -0.2) is 36.9 Å². The van der Waals surface area contributed by atoms with Gasteiger partial charge in [0.15, 0.2) is 0 Å². The Morgan fingerprint density at radius 1 is 1.13 bits per heavy atom. The van der Waals surface area contributed by atoms with Crippen molar-refractivity contribution in [3.05, 3.63) is 60.2 Å². The van der Waals surface area contributed by atoms with Crippen LogP contribution in [0.5, 0.6) is 0 Å². The molecule has 0 atom stereocenters. The number of hydrogen-bond donors (Lipinski definition) is 1. The van der Waals surface area contributed by atoms with E-state index in [9.17, 15) is 9.59 Å². The van der Waals surface area contributed by atoms with Gasteiger partial charge in [0, 0.05) is 6.54 Å². The summed E-state index contributed by atoms with van der Waals surface area (Å²) in [5, 5.41) is 2.79. The van der Waals surface area contributed by atoms with E-state index in [-0.39, 0.29) is 24.9 Å². The minimum Gasteiger partial charge on any atom is -0.323 e. The van der Waals surface area contributed by atoms with E-state index in [0.29, 0.717) is 12.2 Å². The molecule has 0 fully saturated rings. The first-order chi connectivity index (χ1) is 11.1. The molecule has 0 aliphatic carbocycles. The number of carbonyl (C=O) groups is 2. The maximum Gasteiger partial charge on any atom is 0.244 e. The van der Waals surface area contributed by atoms with Crippen molar-refractivity contribution < 1.29 is 9.59 Å². The van der Waals surface area contributed by atoms with Crippen molar-refractivity contribution in [2.75, 3.05) is 30.4 Å². The lowest BCUT2D eigenvalue weighted by atomic mass is 10.2. The van der Waals surface area contributed by atoms with E-state index in [4.69, 9.17) is 0 Å². The molecule has 1 aliphatic rings. The number of nitrogens with one attached hydrogen (secondary N) is 1. The second kappa shape index (κ2) is 6.62. The van der Waals surface area contributed by atoms with E-state index in [2.05, 4.69) is 5.32 Å². The second-order valence-corrected chi connectivity index (χ2v) is 5.70. The Morgan fingerprint density at radius 3 is 2.61 bits per heavy atom. The molecule has 0 spiro atoms. The average Bonchev–Trinajstić information content (AvgIpc) is 2.54. The SMILES string of the molecule is CN(CC(=O)N1CC(=O)Nc2ccccc21)Cc1ccccc1. The lowest BCUT2D eigenvalue weighted by Crippen LogP contribution is -2.45. The Hall–Kier alpha value is -2.66. The molecular formula is C18H19N3O2. The van der Waals surface area contributed by atoms with Gasteiger partial charge in [-0.2, -0.15) is 0 Å². The summed E-state index contributed by atoms with van der Waals surface area (Å²) in [6.45, 7) is 1.01. The zero-order valence-electron chi connectivity index (χ0n) is 13.0. The Morgan fingerprint density at radius 2 is 1.83 bits per heavy atom. The molecule has 1 aliphatic heterocycles. The number of benzene rings is 2. The molecule has 0 saturated carbocycles. The number of likely N-dealkylation sites (N-methyl/N-ethyl adjacent to an activating group) is 1. The molecule has 2 aromatic rings. The molecule has 2 amide bonds. The van der Waals surface area contributed by atoms with Crippen LogP contribution in [0.4, 0.5) is 11.4 Å². The Balaban J connectivity index is 1.70. The normalized spacial score (nSPS) is 13.7.